The van der Waals surface area contributed by atoms with Crippen molar-refractivity contribution < 1.29 is 0 Å². The topological polar surface area (TPSA) is 12.0 Å². The summed E-state index contributed by atoms with van der Waals surface area (Å²) in [6.07, 6.45) is 15.7. The lowest BCUT2D eigenvalue weighted by atomic mass is 9.54. The highest BCUT2D eigenvalue weighted by molar-refractivity contribution is 5.11. The summed E-state index contributed by atoms with van der Waals surface area (Å²) in [6, 6.07) is 0.899. The molecule has 0 spiro atoms. The zero-order chi connectivity index (χ0) is 12.4. The van der Waals surface area contributed by atoms with E-state index in [9.17, 15) is 0 Å². The fraction of sp³-hybridized carbons (Fsp3) is 0.889. The zero-order valence-corrected chi connectivity index (χ0v) is 11.9. The summed E-state index contributed by atoms with van der Waals surface area (Å²) < 4.78 is 0. The molecule has 6 aliphatic carbocycles. The normalized spacial score (nSPS) is 57.3. The van der Waals surface area contributed by atoms with Crippen molar-refractivity contribution in [2.24, 2.45) is 41.4 Å². The Labute approximate surface area is 117 Å². The van der Waals surface area contributed by atoms with Crippen LogP contribution in [-0.4, -0.2) is 12.6 Å². The summed E-state index contributed by atoms with van der Waals surface area (Å²) in [5, 5.41) is 4.06. The minimum atomic E-state index is 0.899. The van der Waals surface area contributed by atoms with Crippen LogP contribution in [0.25, 0.3) is 0 Å². The molecular formula is C18H27N. The molecule has 0 aromatic heterocycles. The highest BCUT2D eigenvalue weighted by Gasteiger charge is 2.48. The van der Waals surface area contributed by atoms with E-state index in [1.807, 2.05) is 0 Å². The van der Waals surface area contributed by atoms with Crippen LogP contribution in [0.15, 0.2) is 12.2 Å². The number of hydrogen-bond donors (Lipinski definition) is 1. The summed E-state index contributed by atoms with van der Waals surface area (Å²) in [5.74, 6) is 7.16. The Hall–Kier alpha value is -0.300. The lowest BCUT2D eigenvalue weighted by Gasteiger charge is -2.54. The Balaban J connectivity index is 1.24. The van der Waals surface area contributed by atoms with E-state index in [1.54, 1.807) is 32.1 Å². The van der Waals surface area contributed by atoms with Gasteiger partial charge in [0.15, 0.2) is 0 Å². The van der Waals surface area contributed by atoms with Gasteiger partial charge in [0.25, 0.3) is 0 Å². The highest BCUT2D eigenvalue weighted by atomic mass is 14.9. The lowest BCUT2D eigenvalue weighted by molar-refractivity contribution is -0.0151. The highest BCUT2D eigenvalue weighted by Crippen LogP contribution is 2.54. The molecule has 0 aromatic carbocycles. The third-order valence-corrected chi connectivity index (χ3v) is 7.26. The van der Waals surface area contributed by atoms with Crippen LogP contribution in [0.2, 0.25) is 0 Å². The molecule has 3 atom stereocenters. The lowest BCUT2D eigenvalue weighted by Crippen LogP contribution is -2.55. The van der Waals surface area contributed by atoms with Crippen molar-refractivity contribution in [2.75, 3.05) is 6.54 Å². The van der Waals surface area contributed by atoms with Gasteiger partial charge >= 0.3 is 0 Å². The summed E-state index contributed by atoms with van der Waals surface area (Å²) >= 11 is 0. The first-order valence-electron chi connectivity index (χ1n) is 8.77. The maximum absolute atomic E-state index is 4.06. The van der Waals surface area contributed by atoms with Gasteiger partial charge in [0, 0.05) is 6.04 Å². The van der Waals surface area contributed by atoms with Gasteiger partial charge in [-0.05, 0) is 92.9 Å². The molecule has 0 radical (unpaired) electrons. The van der Waals surface area contributed by atoms with Crippen molar-refractivity contribution in [2.45, 2.75) is 51.0 Å². The second kappa shape index (κ2) is 4.10. The largest absolute Gasteiger partial charge is 0.313 e. The molecule has 0 amide bonds. The molecule has 5 fully saturated rings. The van der Waals surface area contributed by atoms with Gasteiger partial charge in [0.1, 0.15) is 0 Å². The predicted octanol–water partition coefficient (Wildman–Crippen LogP) is 3.61. The Kier molecular flexibility index (Phi) is 2.45. The molecule has 6 bridgehead atoms. The van der Waals surface area contributed by atoms with Crippen molar-refractivity contribution >= 4 is 0 Å². The van der Waals surface area contributed by atoms with Gasteiger partial charge in [-0.15, -0.1) is 0 Å². The predicted molar refractivity (Wildman–Crippen MR) is 77.7 cm³/mol. The summed E-state index contributed by atoms with van der Waals surface area (Å²) in [4.78, 5) is 0. The number of allylic oxidation sites excluding steroid dienone is 2. The van der Waals surface area contributed by atoms with E-state index < -0.39 is 0 Å². The van der Waals surface area contributed by atoms with Crippen molar-refractivity contribution in [3.63, 3.8) is 0 Å². The molecule has 6 aliphatic rings. The zero-order valence-electron chi connectivity index (χ0n) is 11.9. The van der Waals surface area contributed by atoms with Crippen molar-refractivity contribution in [3.8, 4) is 0 Å². The fourth-order valence-corrected chi connectivity index (χ4v) is 6.68. The smallest absolute Gasteiger partial charge is 0.0124 e. The molecular weight excluding hydrogens is 230 g/mol. The fourth-order valence-electron chi connectivity index (χ4n) is 6.68. The van der Waals surface area contributed by atoms with Crippen LogP contribution >= 0.6 is 0 Å². The SMILES string of the molecule is C1=CC2CC1CC2CNC1C2CC3CC(C2)CC1C3. The second-order valence-electron chi connectivity index (χ2n) is 8.41. The number of rotatable bonds is 3. The third kappa shape index (κ3) is 1.77. The molecule has 104 valence electrons. The van der Waals surface area contributed by atoms with E-state index >= 15 is 0 Å². The van der Waals surface area contributed by atoms with Crippen LogP contribution in [-0.2, 0) is 0 Å². The van der Waals surface area contributed by atoms with E-state index in [0.29, 0.717) is 0 Å². The van der Waals surface area contributed by atoms with E-state index in [-0.39, 0.29) is 0 Å². The van der Waals surface area contributed by atoms with Crippen LogP contribution in [0.3, 0.4) is 0 Å². The van der Waals surface area contributed by atoms with Gasteiger partial charge in [0.05, 0.1) is 0 Å². The van der Waals surface area contributed by atoms with Gasteiger partial charge in [-0.25, -0.2) is 0 Å². The minimum absolute atomic E-state index is 0.899. The van der Waals surface area contributed by atoms with Crippen molar-refractivity contribution in [3.05, 3.63) is 12.2 Å². The van der Waals surface area contributed by atoms with Gasteiger partial charge in [-0.1, -0.05) is 12.2 Å². The standard InChI is InChI=1S/C18H27N/c1-2-14-4-11(1)5-17(14)10-19-18-15-6-12-3-13(8-15)9-16(18)7-12/h1-2,11-19H,3-10H2. The molecule has 0 saturated heterocycles. The van der Waals surface area contributed by atoms with Gasteiger partial charge in [0.2, 0.25) is 0 Å². The number of fused-ring (bicyclic) bond motifs is 2. The van der Waals surface area contributed by atoms with E-state index in [2.05, 4.69) is 17.5 Å². The van der Waals surface area contributed by atoms with E-state index in [1.165, 1.54) is 19.4 Å². The maximum Gasteiger partial charge on any atom is 0.0124 e. The molecule has 0 aliphatic heterocycles. The van der Waals surface area contributed by atoms with Crippen molar-refractivity contribution in [1.82, 2.24) is 5.32 Å². The van der Waals surface area contributed by atoms with Crippen LogP contribution in [0.1, 0.15) is 44.9 Å². The third-order valence-electron chi connectivity index (χ3n) is 7.26. The van der Waals surface area contributed by atoms with Crippen molar-refractivity contribution in [1.29, 1.82) is 0 Å². The first-order chi connectivity index (χ1) is 9.35. The molecule has 1 nitrogen and oxygen atoms in total. The van der Waals surface area contributed by atoms with E-state index in [4.69, 9.17) is 0 Å². The summed E-state index contributed by atoms with van der Waals surface area (Å²) in [7, 11) is 0. The molecule has 1 N–H and O–H groups in total. The quantitative estimate of drug-likeness (QED) is 0.762. The first kappa shape index (κ1) is 11.4. The molecule has 3 unspecified atom stereocenters. The Bertz CT molecular complexity index is 370. The average Bonchev–Trinajstić information content (AvgIpc) is 2.99. The molecule has 19 heavy (non-hydrogen) atoms. The molecule has 1 heteroatoms. The van der Waals surface area contributed by atoms with Crippen LogP contribution in [0.5, 0.6) is 0 Å². The average molecular weight is 257 g/mol. The molecule has 6 rings (SSSR count). The van der Waals surface area contributed by atoms with Gasteiger partial charge < -0.3 is 5.32 Å². The van der Waals surface area contributed by atoms with Gasteiger partial charge in [-0.2, -0.15) is 0 Å². The van der Waals surface area contributed by atoms with E-state index in [0.717, 1.165) is 47.5 Å². The minimum Gasteiger partial charge on any atom is -0.313 e. The maximum atomic E-state index is 4.06. The monoisotopic (exact) mass is 257 g/mol. The van der Waals surface area contributed by atoms with Crippen LogP contribution in [0, 0.1) is 41.4 Å². The molecule has 5 saturated carbocycles. The van der Waals surface area contributed by atoms with Crippen LogP contribution in [0.4, 0.5) is 0 Å². The molecule has 0 heterocycles. The Morgan fingerprint density at radius 2 is 1.53 bits per heavy atom. The first-order valence-corrected chi connectivity index (χ1v) is 8.77. The Morgan fingerprint density at radius 1 is 0.789 bits per heavy atom. The number of hydrogen-bond acceptors (Lipinski definition) is 1. The second-order valence-corrected chi connectivity index (χ2v) is 8.41. The summed E-state index contributed by atoms with van der Waals surface area (Å²) in [6.45, 7) is 1.32. The number of nitrogens with one attached hydrogen (secondary N) is 1. The van der Waals surface area contributed by atoms with Gasteiger partial charge in [-0.3, -0.25) is 0 Å². The molecule has 0 aromatic rings. The Morgan fingerprint density at radius 3 is 2.11 bits per heavy atom. The summed E-state index contributed by atoms with van der Waals surface area (Å²) in [5.41, 5.74) is 0. The van der Waals surface area contributed by atoms with Crippen LogP contribution < -0.4 is 5.32 Å².